The topological polar surface area (TPSA) is 98.6 Å². The lowest BCUT2D eigenvalue weighted by Crippen LogP contribution is -2.16. The summed E-state index contributed by atoms with van der Waals surface area (Å²) in [6, 6.07) is 11.8. The van der Waals surface area contributed by atoms with E-state index in [1.165, 1.54) is 0 Å². The molecule has 0 radical (unpaired) electrons. The van der Waals surface area contributed by atoms with Gasteiger partial charge in [-0.15, -0.1) is 0 Å². The third kappa shape index (κ3) is 3.96. The second-order valence-electron chi connectivity index (χ2n) is 6.70. The Morgan fingerprint density at radius 3 is 2.12 bits per heavy atom. The monoisotopic (exact) mass is 353 g/mol. The molecule has 0 spiro atoms. The summed E-state index contributed by atoms with van der Waals surface area (Å²) in [6.45, 7) is 7.62. The fourth-order valence-electron chi connectivity index (χ4n) is 3.07. The minimum Gasteiger partial charge on any atom is -0.350 e. The van der Waals surface area contributed by atoms with E-state index >= 15 is 0 Å². The first-order valence-electron chi connectivity index (χ1n) is 8.49. The molecule has 0 atom stereocenters. The van der Waals surface area contributed by atoms with Gasteiger partial charge in [-0.05, 0) is 11.8 Å². The Hall–Kier alpha value is -3.02. The maximum absolute atomic E-state index is 11.9. The minimum absolute atomic E-state index is 0.00444. The maximum Gasteiger partial charge on any atom is 0.338 e. The minimum atomic E-state index is -0.839. The zero-order valence-corrected chi connectivity index (χ0v) is 15.4. The number of primary amides is 1. The highest BCUT2D eigenvalue weighted by atomic mass is 16.6. The number of carbonyl (C=O) groups is 1. The predicted molar refractivity (Wildman–Crippen MR) is 103 cm³/mol. The molecule has 2 aromatic carbocycles. The summed E-state index contributed by atoms with van der Waals surface area (Å²) in [5.74, 6) is -0.138. The molecule has 26 heavy (non-hydrogen) atoms. The molecule has 0 bridgehead atoms. The van der Waals surface area contributed by atoms with Crippen LogP contribution in [0.2, 0.25) is 0 Å². The molecule has 0 aromatic heterocycles. The number of aliphatic imine (C=N–C) groups is 1. The quantitative estimate of drug-likeness (QED) is 0.476. The molecule has 2 aromatic rings. The van der Waals surface area contributed by atoms with Gasteiger partial charge in [0.05, 0.1) is 10.6 Å². The largest absolute Gasteiger partial charge is 0.350 e. The third-order valence-electron chi connectivity index (χ3n) is 4.15. The van der Waals surface area contributed by atoms with Gasteiger partial charge in [0.1, 0.15) is 0 Å². The summed E-state index contributed by atoms with van der Waals surface area (Å²) >= 11 is 0. The van der Waals surface area contributed by atoms with Crippen molar-refractivity contribution in [1.82, 2.24) is 0 Å². The number of hydrogen-bond acceptors (Lipinski definition) is 3. The van der Waals surface area contributed by atoms with E-state index in [0.717, 1.165) is 0 Å². The van der Waals surface area contributed by atoms with Gasteiger partial charge < -0.3 is 5.73 Å². The number of urea groups is 1. The lowest BCUT2D eigenvalue weighted by Gasteiger charge is -2.18. The van der Waals surface area contributed by atoms with Crippen molar-refractivity contribution in [2.45, 2.75) is 39.5 Å². The molecule has 2 amide bonds. The van der Waals surface area contributed by atoms with Crippen LogP contribution in [0.4, 0.5) is 10.5 Å². The first-order chi connectivity index (χ1) is 12.2. The Morgan fingerprint density at radius 1 is 1.04 bits per heavy atom. The number of carbonyl (C=O) groups excluding carboxylic acids is 1. The number of benzene rings is 2. The smallest absolute Gasteiger partial charge is 0.338 e. The highest BCUT2D eigenvalue weighted by Gasteiger charge is 2.28. The fourth-order valence-corrected chi connectivity index (χ4v) is 3.07. The van der Waals surface area contributed by atoms with Crippen molar-refractivity contribution in [3.8, 4) is 0 Å². The van der Waals surface area contributed by atoms with E-state index in [1.54, 1.807) is 24.3 Å². The van der Waals surface area contributed by atoms with Crippen molar-refractivity contribution in [3.05, 3.63) is 74.8 Å². The summed E-state index contributed by atoms with van der Waals surface area (Å²) in [4.78, 5) is 27.0. The van der Waals surface area contributed by atoms with Crippen molar-refractivity contribution in [2.24, 2.45) is 10.7 Å². The number of nitro benzene ring substituents is 1. The number of amides is 2. The van der Waals surface area contributed by atoms with Crippen LogP contribution < -0.4 is 5.73 Å². The predicted octanol–water partition coefficient (Wildman–Crippen LogP) is 4.76. The van der Waals surface area contributed by atoms with E-state index in [1.807, 2.05) is 45.9 Å². The molecule has 0 heterocycles. The first-order valence-corrected chi connectivity index (χ1v) is 8.49. The van der Waals surface area contributed by atoms with Crippen LogP contribution in [0, 0.1) is 10.1 Å². The Balaban J connectivity index is 2.88. The lowest BCUT2D eigenvalue weighted by atomic mass is 9.86. The van der Waals surface area contributed by atoms with Gasteiger partial charge in [-0.2, -0.15) is 4.99 Å². The van der Waals surface area contributed by atoms with E-state index < -0.39 is 6.03 Å². The molecule has 0 unspecified atom stereocenters. The Bertz CT molecular complexity index is 856. The van der Waals surface area contributed by atoms with Gasteiger partial charge in [0.2, 0.25) is 0 Å². The molecule has 2 N–H and O–H groups in total. The molecule has 0 aliphatic rings. The lowest BCUT2D eigenvalue weighted by molar-refractivity contribution is -0.386. The van der Waals surface area contributed by atoms with Crippen LogP contribution in [0.15, 0.2) is 47.5 Å². The molecule has 2 rings (SSSR count). The molecule has 6 heteroatoms. The molecule has 136 valence electrons. The summed E-state index contributed by atoms with van der Waals surface area (Å²) in [6.07, 6.45) is 0. The van der Waals surface area contributed by atoms with E-state index in [2.05, 4.69) is 4.99 Å². The van der Waals surface area contributed by atoms with Crippen LogP contribution in [0.1, 0.15) is 61.8 Å². The van der Waals surface area contributed by atoms with E-state index in [0.29, 0.717) is 28.0 Å². The first kappa shape index (κ1) is 19.3. The molecular weight excluding hydrogens is 330 g/mol. The van der Waals surface area contributed by atoms with E-state index in [4.69, 9.17) is 5.73 Å². The van der Waals surface area contributed by atoms with E-state index in [9.17, 15) is 14.9 Å². The zero-order valence-electron chi connectivity index (χ0n) is 15.4. The summed E-state index contributed by atoms with van der Waals surface area (Å²) in [5.41, 5.74) is 8.20. The van der Waals surface area contributed by atoms with Gasteiger partial charge in [-0.3, -0.25) is 10.1 Å². The maximum atomic E-state index is 11.9. The van der Waals surface area contributed by atoms with Gasteiger partial charge in [0.15, 0.2) is 0 Å². The van der Waals surface area contributed by atoms with Crippen LogP contribution >= 0.6 is 0 Å². The number of rotatable bonds is 5. The second-order valence-corrected chi connectivity index (χ2v) is 6.70. The molecule has 0 saturated heterocycles. The number of nitrogens with zero attached hydrogens (tertiary/aromatic N) is 2. The summed E-state index contributed by atoms with van der Waals surface area (Å²) in [7, 11) is 0. The zero-order chi connectivity index (χ0) is 19.4. The average molecular weight is 353 g/mol. The SMILES string of the molecule is CC(C)c1ccc(C(=NC(N)=O)c2ccccc2)c(C(C)C)c1[N+](=O)[O-]. The Labute approximate surface area is 152 Å². The van der Waals surface area contributed by atoms with Crippen molar-refractivity contribution < 1.29 is 9.72 Å². The molecule has 0 saturated carbocycles. The van der Waals surface area contributed by atoms with Crippen LogP contribution in [0.3, 0.4) is 0 Å². The van der Waals surface area contributed by atoms with Crippen LogP contribution in [0.5, 0.6) is 0 Å². The number of nitrogens with two attached hydrogens (primary N) is 1. The van der Waals surface area contributed by atoms with Crippen molar-refractivity contribution in [1.29, 1.82) is 0 Å². The fraction of sp³-hybridized carbons (Fsp3) is 0.300. The van der Waals surface area contributed by atoms with Gasteiger partial charge in [0, 0.05) is 22.3 Å². The van der Waals surface area contributed by atoms with Crippen molar-refractivity contribution in [3.63, 3.8) is 0 Å². The Kier molecular flexibility index (Phi) is 5.87. The van der Waals surface area contributed by atoms with Gasteiger partial charge >= 0.3 is 6.03 Å². The molecular formula is C20H23N3O3. The third-order valence-corrected chi connectivity index (χ3v) is 4.15. The summed E-state index contributed by atoms with van der Waals surface area (Å²) < 4.78 is 0. The highest BCUT2D eigenvalue weighted by Crippen LogP contribution is 2.37. The van der Waals surface area contributed by atoms with Gasteiger partial charge in [-0.1, -0.05) is 70.2 Å². The highest BCUT2D eigenvalue weighted by molar-refractivity contribution is 6.17. The van der Waals surface area contributed by atoms with Crippen LogP contribution in [-0.4, -0.2) is 16.7 Å². The van der Waals surface area contributed by atoms with Crippen LogP contribution in [0.25, 0.3) is 0 Å². The van der Waals surface area contributed by atoms with Crippen LogP contribution in [-0.2, 0) is 0 Å². The van der Waals surface area contributed by atoms with Crippen molar-refractivity contribution >= 4 is 17.4 Å². The number of hydrogen-bond donors (Lipinski definition) is 1. The second kappa shape index (κ2) is 7.91. The summed E-state index contributed by atoms with van der Waals surface area (Å²) in [5, 5.41) is 11.9. The number of nitro groups is 1. The Morgan fingerprint density at radius 2 is 1.65 bits per heavy atom. The molecule has 0 aliphatic heterocycles. The average Bonchev–Trinajstić information content (AvgIpc) is 2.58. The standard InChI is InChI=1S/C20H23N3O3/c1-12(2)15-10-11-16(17(13(3)4)19(15)23(25)26)18(22-20(21)24)14-8-6-5-7-9-14/h5-13H,1-4H3,(H2,21,24). The normalized spacial score (nSPS) is 11.8. The van der Waals surface area contributed by atoms with Gasteiger partial charge in [-0.25, -0.2) is 4.79 Å². The van der Waals surface area contributed by atoms with Crippen molar-refractivity contribution in [2.75, 3.05) is 0 Å². The molecule has 0 fully saturated rings. The molecule has 6 nitrogen and oxygen atoms in total. The molecule has 0 aliphatic carbocycles. The van der Waals surface area contributed by atoms with E-state index in [-0.39, 0.29) is 22.4 Å². The van der Waals surface area contributed by atoms with Gasteiger partial charge in [0.25, 0.3) is 5.69 Å².